The molecule has 0 atom stereocenters. The summed E-state index contributed by atoms with van der Waals surface area (Å²) in [7, 11) is 0. The van der Waals surface area contributed by atoms with Crippen molar-refractivity contribution in [2.24, 2.45) is 0 Å². The van der Waals surface area contributed by atoms with Gasteiger partial charge in [-0.1, -0.05) is 71.1 Å². The first-order chi connectivity index (χ1) is 33.1. The van der Waals surface area contributed by atoms with E-state index >= 15 is 0 Å². The molecule has 0 amide bonds. The molecular weight excluding hydrogens is 901 g/mol. The van der Waals surface area contributed by atoms with Crippen molar-refractivity contribution in [3.8, 4) is 39.8 Å². The Hall–Kier alpha value is -6.51. The fourth-order valence-corrected chi connectivity index (χ4v) is 6.46. The van der Waals surface area contributed by atoms with Gasteiger partial charge in [0.15, 0.2) is 0 Å². The molecule has 9 rings (SSSR count). The molecule has 0 fully saturated rings. The Morgan fingerprint density at radius 2 is 1.17 bits per heavy atom. The van der Waals surface area contributed by atoms with Crippen LogP contribution in [0.2, 0.25) is 0 Å². The molecule has 0 spiro atoms. The van der Waals surface area contributed by atoms with Gasteiger partial charge >= 0.3 is 20.1 Å². The molecule has 0 saturated heterocycles. The number of benzene rings is 5. The number of hydrogen-bond acceptors (Lipinski definition) is 5. The molecule has 0 unspecified atom stereocenters. The molecule has 0 aliphatic carbocycles. The molecule has 0 bridgehead atoms. The first-order valence-electron chi connectivity index (χ1n) is 24.4. The molecular formula is C53H39IrN4O. The fourth-order valence-electron chi connectivity index (χ4n) is 6.46. The molecule has 4 heterocycles. The minimum atomic E-state index is -3.13. The van der Waals surface area contributed by atoms with Gasteiger partial charge in [0, 0.05) is 40.4 Å². The van der Waals surface area contributed by atoms with Crippen LogP contribution in [0.3, 0.4) is 0 Å². The molecule has 0 radical (unpaired) electrons. The van der Waals surface area contributed by atoms with E-state index in [1.807, 2.05) is 6.07 Å². The number of nitriles is 1. The van der Waals surface area contributed by atoms with Crippen LogP contribution in [0.25, 0.3) is 55.7 Å². The van der Waals surface area contributed by atoms with Crippen molar-refractivity contribution in [1.29, 1.82) is 5.26 Å². The average Bonchev–Trinajstić information content (AvgIpc) is 3.74. The van der Waals surface area contributed by atoms with Crippen molar-refractivity contribution in [3.63, 3.8) is 0 Å². The van der Waals surface area contributed by atoms with Gasteiger partial charge in [0.25, 0.3) is 0 Å². The van der Waals surface area contributed by atoms with E-state index in [0.29, 0.717) is 50.5 Å². The maximum atomic E-state index is 9.54. The molecule has 9 aromatic rings. The summed E-state index contributed by atoms with van der Waals surface area (Å²) in [6.45, 7) is 1.57. The van der Waals surface area contributed by atoms with Gasteiger partial charge in [-0.15, -0.1) is 90.0 Å². The first-order valence-corrected chi connectivity index (χ1v) is 18.4. The minimum Gasteiger partial charge on any atom is -0.501 e. The summed E-state index contributed by atoms with van der Waals surface area (Å²) in [5, 5.41) is 10.9. The van der Waals surface area contributed by atoms with Crippen LogP contribution in [0.1, 0.15) is 61.0 Å². The Balaban J connectivity index is 0.00000676. The van der Waals surface area contributed by atoms with Crippen LogP contribution in [-0.2, 0) is 58.3 Å². The zero-order valence-corrected chi connectivity index (χ0v) is 33.8. The monoisotopic (exact) mass is 952 g/mol. The van der Waals surface area contributed by atoms with Crippen LogP contribution in [0.15, 0.2) is 150 Å². The van der Waals surface area contributed by atoms with E-state index in [1.165, 1.54) is 42.9 Å². The quantitative estimate of drug-likeness (QED) is 0.114. The second-order valence-corrected chi connectivity index (χ2v) is 13.4. The Labute approximate surface area is 375 Å². The standard InChI is InChI=1S/C53H39N4O.Ir/c1-36-27-51(48-14-8-13-47-46-24-20-42(32-54)31-52(46)58-53(47)48)57-35-45(36)23-19-41-29-39(17-15-37-21-25-49(55-33-37)43-9-4-2-5-10-43)28-40(30-41)18-16-38-22-26-50(56-34-38)44-11-6-3-7-12-44;/h2-9,11,13,20-22,24-31,33-35H,15-19,23H2,1H3;/q-3;+3/i15D2,16D2,17D2,18D2,19D2,23D2;. The number of pyridine rings is 3. The van der Waals surface area contributed by atoms with Crippen LogP contribution in [0.4, 0.5) is 0 Å². The molecule has 286 valence electrons. The molecule has 5 aromatic carbocycles. The molecule has 4 aromatic heterocycles. The Morgan fingerprint density at radius 1 is 0.576 bits per heavy atom. The van der Waals surface area contributed by atoms with Gasteiger partial charge in [-0.3, -0.25) is 0 Å². The van der Waals surface area contributed by atoms with E-state index in [-0.39, 0.29) is 42.4 Å². The van der Waals surface area contributed by atoms with Crippen molar-refractivity contribution in [3.05, 3.63) is 209 Å². The number of hydrogen-bond donors (Lipinski definition) is 0. The van der Waals surface area contributed by atoms with E-state index in [9.17, 15) is 21.7 Å². The molecule has 0 N–H and O–H groups in total. The Bertz CT molecular complexity index is 3350. The maximum absolute atomic E-state index is 9.54. The second kappa shape index (κ2) is 18.0. The van der Waals surface area contributed by atoms with Gasteiger partial charge < -0.3 is 19.4 Å². The zero-order chi connectivity index (χ0) is 50.0. The van der Waals surface area contributed by atoms with E-state index in [1.54, 1.807) is 85.8 Å². The number of aromatic nitrogens is 3. The second-order valence-electron chi connectivity index (χ2n) is 13.4. The summed E-state index contributed by atoms with van der Waals surface area (Å²) in [6.07, 6.45) is -14.6. The number of rotatable bonds is 12. The summed E-state index contributed by atoms with van der Waals surface area (Å²) in [5.41, 5.74) is 2.06. The van der Waals surface area contributed by atoms with Gasteiger partial charge in [-0.05, 0) is 108 Å². The van der Waals surface area contributed by atoms with Crippen molar-refractivity contribution >= 4 is 21.9 Å². The van der Waals surface area contributed by atoms with Crippen LogP contribution >= 0.6 is 0 Å². The van der Waals surface area contributed by atoms with E-state index < -0.39 is 54.9 Å². The summed E-state index contributed by atoms with van der Waals surface area (Å²) < 4.78 is 119. The van der Waals surface area contributed by atoms with Gasteiger partial charge in [-0.25, -0.2) is 0 Å². The number of nitrogens with zero attached hydrogens (tertiary/aromatic N) is 4. The third-order valence-corrected chi connectivity index (χ3v) is 9.40. The first kappa shape index (κ1) is 27.2. The van der Waals surface area contributed by atoms with Crippen molar-refractivity contribution in [2.45, 2.75) is 45.2 Å². The largest absolute Gasteiger partial charge is 3.00 e. The predicted molar refractivity (Wildman–Crippen MR) is 231 cm³/mol. The molecule has 0 aliphatic rings. The Morgan fingerprint density at radius 3 is 1.71 bits per heavy atom. The van der Waals surface area contributed by atoms with Crippen LogP contribution < -0.4 is 0 Å². The van der Waals surface area contributed by atoms with Crippen LogP contribution in [0, 0.1) is 36.5 Å². The molecule has 0 saturated carbocycles. The van der Waals surface area contributed by atoms with E-state index in [2.05, 4.69) is 39.2 Å². The molecule has 5 nitrogen and oxygen atoms in total. The topological polar surface area (TPSA) is 75.6 Å². The number of aryl methyl sites for hydroxylation is 7. The van der Waals surface area contributed by atoms with E-state index in [0.717, 1.165) is 29.0 Å². The van der Waals surface area contributed by atoms with Gasteiger partial charge in [0.2, 0.25) is 0 Å². The van der Waals surface area contributed by atoms with Gasteiger partial charge in [-0.2, -0.15) is 5.26 Å². The summed E-state index contributed by atoms with van der Waals surface area (Å²) >= 11 is 0. The van der Waals surface area contributed by atoms with E-state index in [4.69, 9.17) is 4.42 Å². The van der Waals surface area contributed by atoms with Crippen molar-refractivity contribution in [1.82, 2.24) is 15.0 Å². The predicted octanol–water partition coefficient (Wildman–Crippen LogP) is 11.7. The Kier molecular flexibility index (Phi) is 8.29. The van der Waals surface area contributed by atoms with Crippen LogP contribution in [0.5, 0.6) is 0 Å². The third kappa shape index (κ3) is 8.98. The average molecular weight is 952 g/mol. The fraction of sp³-hybridized carbons (Fsp3) is 0.132. The summed E-state index contributed by atoms with van der Waals surface area (Å²) in [5.74, 6) is 0. The third-order valence-electron chi connectivity index (χ3n) is 9.40. The summed E-state index contributed by atoms with van der Waals surface area (Å²) in [6, 6.07) is 44.1. The minimum absolute atomic E-state index is 0. The van der Waals surface area contributed by atoms with Crippen molar-refractivity contribution < 1.29 is 41.0 Å². The maximum Gasteiger partial charge on any atom is 3.00 e. The van der Waals surface area contributed by atoms with Gasteiger partial charge in [0.05, 0.1) is 17.2 Å². The molecule has 0 aliphatic heterocycles. The zero-order valence-electron chi connectivity index (χ0n) is 43.4. The molecule has 6 heteroatoms. The molecule has 59 heavy (non-hydrogen) atoms. The summed E-state index contributed by atoms with van der Waals surface area (Å²) in [4.78, 5) is 13.3. The smallest absolute Gasteiger partial charge is 0.501 e. The normalized spacial score (nSPS) is 15.5. The SMILES string of the molecule is [2H]C([2H])(c1ccc(-c2[c-]cccc2)nc1)C([2H])([2H])c1cc(C([2H])([2H])C([2H])([2H])c2ccc(-c3[c-]cccc3)nc2)cc(C([2H])([2H])C([2H])([2H])c2cnc(-c3[c-]ccc4c3oc3cc(C#N)ccc34)cc2C)c1.[Ir+3]. The van der Waals surface area contributed by atoms with Crippen LogP contribution in [-0.4, -0.2) is 15.0 Å². The number of fused-ring (bicyclic) bond motifs is 3. The number of furan rings is 1. The van der Waals surface area contributed by atoms with Crippen molar-refractivity contribution in [2.75, 3.05) is 0 Å². The van der Waals surface area contributed by atoms with Gasteiger partial charge in [0.1, 0.15) is 5.58 Å².